The quantitative estimate of drug-likeness (QED) is 0.181. The van der Waals surface area contributed by atoms with E-state index in [4.69, 9.17) is 4.42 Å². The van der Waals surface area contributed by atoms with E-state index in [1.807, 2.05) is 0 Å². The normalized spacial score (nSPS) is 17.8. The summed E-state index contributed by atoms with van der Waals surface area (Å²) in [5, 5.41) is 6.49. The van der Waals surface area contributed by atoms with Crippen LogP contribution in [0.5, 0.6) is 0 Å². The Morgan fingerprint density at radius 1 is 0.533 bits per heavy atom. The van der Waals surface area contributed by atoms with Crippen molar-refractivity contribution in [2.75, 3.05) is 10.2 Å². The Bertz CT molecular complexity index is 3180. The summed E-state index contributed by atoms with van der Waals surface area (Å²) in [5.41, 5.74) is 23.8. The Labute approximate surface area is 354 Å². The first-order valence-corrected chi connectivity index (χ1v) is 21.9. The molecular formula is C56H51BN2O. The van der Waals surface area contributed by atoms with Crippen LogP contribution in [0.15, 0.2) is 132 Å². The molecule has 1 N–H and O–H groups in total. The van der Waals surface area contributed by atoms with Crippen LogP contribution in [0.1, 0.15) is 102 Å². The summed E-state index contributed by atoms with van der Waals surface area (Å²) in [7, 11) is 0.802. The van der Waals surface area contributed by atoms with Gasteiger partial charge in [-0.25, -0.2) is 0 Å². The monoisotopic (exact) mass is 778 g/mol. The van der Waals surface area contributed by atoms with Crippen LogP contribution in [0.3, 0.4) is 0 Å². The molecule has 294 valence electrons. The molecule has 0 bridgehead atoms. The van der Waals surface area contributed by atoms with Crippen molar-refractivity contribution in [1.82, 2.24) is 0 Å². The number of rotatable bonds is 3. The molecule has 12 rings (SSSR count). The van der Waals surface area contributed by atoms with E-state index in [9.17, 15) is 0 Å². The maximum absolute atomic E-state index is 7.11. The van der Waals surface area contributed by atoms with Crippen LogP contribution in [0, 0.1) is 0 Å². The second kappa shape index (κ2) is 11.8. The summed E-state index contributed by atoms with van der Waals surface area (Å²) < 4.78 is 7.11. The van der Waals surface area contributed by atoms with Crippen molar-refractivity contribution in [2.24, 2.45) is 0 Å². The molecule has 0 unspecified atom stereocenters. The lowest BCUT2D eigenvalue weighted by Gasteiger charge is -2.46. The van der Waals surface area contributed by atoms with Crippen LogP contribution in [0.25, 0.3) is 44.2 Å². The molecule has 0 amide bonds. The molecule has 3 nitrogen and oxygen atoms in total. The second-order valence-electron chi connectivity index (χ2n) is 20.4. The summed E-state index contributed by atoms with van der Waals surface area (Å²) in [6, 6.07) is 48.1. The average molecular weight is 779 g/mol. The van der Waals surface area contributed by atoms with Gasteiger partial charge in [-0.15, -0.1) is 0 Å². The SMILES string of the molecule is CC1(C)CCC(C)(C)c2cc(Nc3c(-c4c5c(cc6c4oc4ccccc46)N4c6ccccc6C(C)(C)c6cccc(c64)B5)ccc4c3-c3ccccc3C4(C)C)ccc21. The van der Waals surface area contributed by atoms with E-state index in [0.717, 1.165) is 40.6 Å². The van der Waals surface area contributed by atoms with Crippen LogP contribution < -0.4 is 21.1 Å². The number of hydrogen-bond donors (Lipinski definition) is 1. The third-order valence-electron chi connectivity index (χ3n) is 15.3. The molecule has 4 aliphatic rings. The van der Waals surface area contributed by atoms with Gasteiger partial charge in [0.25, 0.3) is 0 Å². The smallest absolute Gasteiger partial charge is 0.198 e. The fraction of sp³-hybridized carbons (Fsp3) is 0.250. The highest BCUT2D eigenvalue weighted by molar-refractivity contribution is 6.74. The number of nitrogens with one attached hydrogen (secondary N) is 1. The minimum atomic E-state index is -0.160. The average Bonchev–Trinajstić information content (AvgIpc) is 3.72. The standard InChI is InChI=1S/C56H51BN2O/c1-53(2)28-29-54(3,4)42-30-32(24-26-38(42)53)58-50-35(25-27-40-47(50)34-17-9-11-18-37(34)55(40,5)6)48-49-45(31-36-33-16-10-14-23-46(33)60-52(36)48)59-44-22-13-12-19-39(44)56(7,8)41-20-15-21-43(57-49)51(41)59/h9-27,30-31,57-58H,28-29H2,1-8H3. The third-order valence-corrected chi connectivity index (χ3v) is 15.3. The molecule has 7 aromatic carbocycles. The van der Waals surface area contributed by atoms with Crippen LogP contribution in [-0.4, -0.2) is 7.28 Å². The van der Waals surface area contributed by atoms with E-state index in [1.54, 1.807) is 0 Å². The van der Waals surface area contributed by atoms with Crippen molar-refractivity contribution in [3.8, 4) is 22.3 Å². The maximum Gasteiger partial charge on any atom is 0.198 e. The Morgan fingerprint density at radius 2 is 1.22 bits per heavy atom. The number of nitrogens with zero attached hydrogens (tertiary/aromatic N) is 1. The van der Waals surface area contributed by atoms with E-state index in [1.165, 1.54) is 96.5 Å². The molecule has 8 aromatic rings. The van der Waals surface area contributed by atoms with Crippen molar-refractivity contribution in [3.05, 3.63) is 161 Å². The molecule has 3 heterocycles. The van der Waals surface area contributed by atoms with Crippen molar-refractivity contribution in [1.29, 1.82) is 0 Å². The highest BCUT2D eigenvalue weighted by Gasteiger charge is 2.43. The molecular weight excluding hydrogens is 727 g/mol. The lowest BCUT2D eigenvalue weighted by molar-refractivity contribution is 0.332. The summed E-state index contributed by atoms with van der Waals surface area (Å²) in [6.07, 6.45) is 2.36. The highest BCUT2D eigenvalue weighted by Crippen LogP contribution is 2.57. The molecule has 0 fully saturated rings. The molecule has 2 aliphatic heterocycles. The largest absolute Gasteiger partial charge is 0.455 e. The van der Waals surface area contributed by atoms with Crippen molar-refractivity contribution in [3.63, 3.8) is 0 Å². The molecule has 60 heavy (non-hydrogen) atoms. The van der Waals surface area contributed by atoms with E-state index >= 15 is 0 Å². The Hall–Kier alpha value is -6.00. The van der Waals surface area contributed by atoms with Gasteiger partial charge in [-0.3, -0.25) is 0 Å². The summed E-state index contributed by atoms with van der Waals surface area (Å²) >= 11 is 0. The van der Waals surface area contributed by atoms with Crippen LogP contribution in [0.4, 0.5) is 28.4 Å². The summed E-state index contributed by atoms with van der Waals surface area (Å²) in [6.45, 7) is 19.2. The lowest BCUT2D eigenvalue weighted by atomic mass is 9.55. The Morgan fingerprint density at radius 3 is 2.05 bits per heavy atom. The molecule has 0 saturated carbocycles. The van der Waals surface area contributed by atoms with Gasteiger partial charge >= 0.3 is 0 Å². The van der Waals surface area contributed by atoms with Crippen LogP contribution in [0.2, 0.25) is 0 Å². The fourth-order valence-electron chi connectivity index (χ4n) is 11.9. The molecule has 4 heteroatoms. The fourth-order valence-corrected chi connectivity index (χ4v) is 11.9. The van der Waals surface area contributed by atoms with Gasteiger partial charge in [-0.2, -0.15) is 0 Å². The van der Waals surface area contributed by atoms with Gasteiger partial charge in [0.05, 0.1) is 11.4 Å². The second-order valence-corrected chi connectivity index (χ2v) is 20.4. The highest BCUT2D eigenvalue weighted by atomic mass is 16.3. The van der Waals surface area contributed by atoms with Gasteiger partial charge in [0.1, 0.15) is 11.2 Å². The summed E-state index contributed by atoms with van der Waals surface area (Å²) in [4.78, 5) is 2.58. The van der Waals surface area contributed by atoms with Crippen molar-refractivity contribution >= 4 is 68.6 Å². The molecule has 0 saturated heterocycles. The molecule has 0 spiro atoms. The number of para-hydroxylation sites is 3. The Kier molecular flexibility index (Phi) is 7.09. The van der Waals surface area contributed by atoms with Gasteiger partial charge < -0.3 is 14.6 Å². The van der Waals surface area contributed by atoms with Gasteiger partial charge in [0.15, 0.2) is 7.28 Å². The Balaban J connectivity index is 1.19. The lowest BCUT2D eigenvalue weighted by Crippen LogP contribution is -2.45. The predicted molar refractivity (Wildman–Crippen MR) is 255 cm³/mol. The van der Waals surface area contributed by atoms with Gasteiger partial charge in [0, 0.05) is 55.4 Å². The number of fused-ring (bicyclic) bond motifs is 11. The van der Waals surface area contributed by atoms with Gasteiger partial charge in [-0.1, -0.05) is 158 Å². The number of benzene rings is 7. The number of furan rings is 1. The zero-order valence-corrected chi connectivity index (χ0v) is 36.1. The van der Waals surface area contributed by atoms with E-state index < -0.39 is 0 Å². The molecule has 0 atom stereocenters. The zero-order chi connectivity index (χ0) is 41.1. The van der Waals surface area contributed by atoms with Crippen molar-refractivity contribution in [2.45, 2.75) is 89.9 Å². The third kappa shape index (κ3) is 4.68. The minimum absolute atomic E-state index is 0.0864. The maximum atomic E-state index is 7.11. The van der Waals surface area contributed by atoms with E-state index in [0.29, 0.717) is 0 Å². The molecule has 0 radical (unpaired) electrons. The first-order chi connectivity index (χ1) is 28.8. The van der Waals surface area contributed by atoms with E-state index in [2.05, 4.69) is 193 Å². The zero-order valence-electron chi connectivity index (χ0n) is 36.1. The summed E-state index contributed by atoms with van der Waals surface area (Å²) in [5.74, 6) is 0. The first-order valence-electron chi connectivity index (χ1n) is 21.9. The number of anilines is 5. The van der Waals surface area contributed by atoms with Gasteiger partial charge in [0.2, 0.25) is 0 Å². The molecule has 1 aromatic heterocycles. The first kappa shape index (κ1) is 35.9. The topological polar surface area (TPSA) is 28.4 Å². The van der Waals surface area contributed by atoms with Crippen LogP contribution in [-0.2, 0) is 21.7 Å². The predicted octanol–water partition coefficient (Wildman–Crippen LogP) is 13.5. The molecule has 2 aliphatic carbocycles. The van der Waals surface area contributed by atoms with Crippen molar-refractivity contribution < 1.29 is 4.42 Å². The van der Waals surface area contributed by atoms with Crippen LogP contribution >= 0.6 is 0 Å². The van der Waals surface area contributed by atoms with E-state index in [-0.39, 0.29) is 21.7 Å². The van der Waals surface area contributed by atoms with Gasteiger partial charge in [-0.05, 0) is 98.4 Å². The number of hydrogen-bond acceptors (Lipinski definition) is 3. The minimum Gasteiger partial charge on any atom is -0.455 e.